The molecule has 0 amide bonds. The molecule has 0 aliphatic rings. The number of pyridine rings is 1. The van der Waals surface area contributed by atoms with Gasteiger partial charge < -0.3 is 10.5 Å². The van der Waals surface area contributed by atoms with E-state index in [-0.39, 0.29) is 12.1 Å². The molecule has 5 nitrogen and oxygen atoms in total. The highest BCUT2D eigenvalue weighted by Gasteiger charge is 2.15. The van der Waals surface area contributed by atoms with Crippen LogP contribution in [-0.4, -0.2) is 20.9 Å². The first-order valence-corrected chi connectivity index (χ1v) is 7.24. The molecule has 0 aromatic carbocycles. The largest absolute Gasteiger partial charge is 0.489 e. The zero-order chi connectivity index (χ0) is 15.6. The number of ether oxygens (including phenoxy) is 1. The minimum Gasteiger partial charge on any atom is -0.489 e. The molecule has 2 aromatic rings. The van der Waals surface area contributed by atoms with Crippen LogP contribution in [-0.2, 0) is 13.5 Å². The summed E-state index contributed by atoms with van der Waals surface area (Å²) in [5, 5.41) is 4.44. The summed E-state index contributed by atoms with van der Waals surface area (Å²) in [7, 11) is 1.95. The van der Waals surface area contributed by atoms with Crippen LogP contribution in [0.1, 0.15) is 42.4 Å². The van der Waals surface area contributed by atoms with Gasteiger partial charge in [0, 0.05) is 25.0 Å². The zero-order valence-corrected chi connectivity index (χ0v) is 13.4. The van der Waals surface area contributed by atoms with Gasteiger partial charge in [0.1, 0.15) is 5.75 Å². The summed E-state index contributed by atoms with van der Waals surface area (Å²) >= 11 is 0. The summed E-state index contributed by atoms with van der Waals surface area (Å²) in [6, 6.07) is 1.86. The number of aryl methyl sites for hydroxylation is 2. The van der Waals surface area contributed by atoms with E-state index in [9.17, 15) is 0 Å². The van der Waals surface area contributed by atoms with Gasteiger partial charge in [-0.2, -0.15) is 5.10 Å². The third kappa shape index (κ3) is 3.61. The van der Waals surface area contributed by atoms with Crippen LogP contribution in [0.5, 0.6) is 5.75 Å². The lowest BCUT2D eigenvalue weighted by atomic mass is 9.99. The zero-order valence-electron chi connectivity index (χ0n) is 13.4. The van der Waals surface area contributed by atoms with Crippen molar-refractivity contribution in [1.29, 1.82) is 0 Å². The summed E-state index contributed by atoms with van der Waals surface area (Å²) < 4.78 is 7.57. The van der Waals surface area contributed by atoms with Crippen molar-refractivity contribution < 1.29 is 4.74 Å². The van der Waals surface area contributed by atoms with Crippen molar-refractivity contribution in [3.63, 3.8) is 0 Å². The minimum atomic E-state index is -0.116. The Kier molecular flexibility index (Phi) is 4.63. The Bertz CT molecular complexity index is 619. The van der Waals surface area contributed by atoms with Crippen molar-refractivity contribution in [2.45, 2.75) is 46.3 Å². The maximum atomic E-state index is 6.34. The Labute approximate surface area is 126 Å². The Hall–Kier alpha value is -1.88. The molecule has 2 N–H and O–H groups in total. The van der Waals surface area contributed by atoms with E-state index in [0.29, 0.717) is 0 Å². The monoisotopic (exact) mass is 288 g/mol. The van der Waals surface area contributed by atoms with Gasteiger partial charge in [-0.15, -0.1) is 0 Å². The van der Waals surface area contributed by atoms with Crippen molar-refractivity contribution in [1.82, 2.24) is 14.8 Å². The SMILES string of the molecule is Cc1nn(C)c(C)c1CC(N)c1cncc(OC(C)C)c1. The number of nitrogens with zero attached hydrogens (tertiary/aromatic N) is 3. The van der Waals surface area contributed by atoms with Crippen molar-refractivity contribution in [2.75, 3.05) is 0 Å². The standard InChI is InChI=1S/C16H24N4O/c1-10(2)21-14-6-13(8-18-9-14)16(17)7-15-11(3)19-20(5)12(15)4/h6,8-10,16H,7,17H2,1-5H3. The number of rotatable bonds is 5. The average molecular weight is 288 g/mol. The first kappa shape index (κ1) is 15.5. The molecule has 2 aromatic heterocycles. The minimum absolute atomic E-state index is 0.116. The Balaban J connectivity index is 2.18. The first-order valence-electron chi connectivity index (χ1n) is 7.24. The fourth-order valence-electron chi connectivity index (χ4n) is 2.43. The molecule has 0 bridgehead atoms. The van der Waals surface area contributed by atoms with Crippen LogP contribution in [0.4, 0.5) is 0 Å². The van der Waals surface area contributed by atoms with Crippen LogP contribution in [0.2, 0.25) is 0 Å². The van der Waals surface area contributed by atoms with Crippen LogP contribution in [0, 0.1) is 13.8 Å². The number of aromatic nitrogens is 3. The molecule has 0 fully saturated rings. The molecule has 0 spiro atoms. The Morgan fingerprint density at radius 2 is 2.00 bits per heavy atom. The maximum absolute atomic E-state index is 6.34. The van der Waals surface area contributed by atoms with Gasteiger partial charge >= 0.3 is 0 Å². The second kappa shape index (κ2) is 6.26. The summed E-state index contributed by atoms with van der Waals surface area (Å²) in [6.07, 6.45) is 4.40. The smallest absolute Gasteiger partial charge is 0.138 e. The summed E-state index contributed by atoms with van der Waals surface area (Å²) in [5.41, 5.74) is 10.7. The average Bonchev–Trinajstić information content (AvgIpc) is 2.65. The quantitative estimate of drug-likeness (QED) is 0.918. The third-order valence-electron chi connectivity index (χ3n) is 3.62. The van der Waals surface area contributed by atoms with Gasteiger partial charge in [-0.05, 0) is 51.3 Å². The van der Waals surface area contributed by atoms with Crippen LogP contribution in [0.15, 0.2) is 18.5 Å². The van der Waals surface area contributed by atoms with Gasteiger partial charge in [0.15, 0.2) is 0 Å². The second-order valence-electron chi connectivity index (χ2n) is 5.70. The highest BCUT2D eigenvalue weighted by Crippen LogP contribution is 2.23. The van der Waals surface area contributed by atoms with E-state index in [1.165, 1.54) is 5.56 Å². The lowest BCUT2D eigenvalue weighted by molar-refractivity contribution is 0.241. The molecule has 1 unspecified atom stereocenters. The number of nitrogens with two attached hydrogens (primary N) is 1. The van der Waals surface area contributed by atoms with E-state index < -0.39 is 0 Å². The molecule has 0 saturated carbocycles. The molecule has 0 saturated heterocycles. The van der Waals surface area contributed by atoms with Crippen molar-refractivity contribution in [3.05, 3.63) is 41.0 Å². The second-order valence-corrected chi connectivity index (χ2v) is 5.70. The molecule has 1 atom stereocenters. The van der Waals surface area contributed by atoms with E-state index >= 15 is 0 Å². The molecule has 114 valence electrons. The van der Waals surface area contributed by atoms with Crippen molar-refractivity contribution in [2.24, 2.45) is 12.8 Å². The van der Waals surface area contributed by atoms with E-state index in [2.05, 4.69) is 17.0 Å². The van der Waals surface area contributed by atoms with Gasteiger partial charge in [-0.25, -0.2) is 0 Å². The fourth-order valence-corrected chi connectivity index (χ4v) is 2.43. The Morgan fingerprint density at radius 3 is 2.57 bits per heavy atom. The normalized spacial score (nSPS) is 12.7. The van der Waals surface area contributed by atoms with Gasteiger partial charge in [-0.3, -0.25) is 9.67 Å². The fraction of sp³-hybridized carbons (Fsp3) is 0.500. The first-order chi connectivity index (χ1) is 9.88. The van der Waals surface area contributed by atoms with E-state index in [4.69, 9.17) is 10.5 Å². The van der Waals surface area contributed by atoms with Gasteiger partial charge in [0.25, 0.3) is 0 Å². The molecule has 2 heterocycles. The molecule has 5 heteroatoms. The summed E-state index contributed by atoms with van der Waals surface area (Å²) in [4.78, 5) is 4.22. The predicted octanol–water partition coefficient (Wildman–Crippen LogP) is 2.46. The topological polar surface area (TPSA) is 66.0 Å². The van der Waals surface area contributed by atoms with Crippen molar-refractivity contribution in [3.8, 4) is 5.75 Å². The lowest BCUT2D eigenvalue weighted by Gasteiger charge is -2.15. The van der Waals surface area contributed by atoms with E-state index in [1.807, 2.05) is 38.6 Å². The molecule has 0 aliphatic heterocycles. The molecule has 21 heavy (non-hydrogen) atoms. The van der Waals surface area contributed by atoms with Gasteiger partial charge in [0.2, 0.25) is 0 Å². The summed E-state index contributed by atoms with van der Waals surface area (Å²) in [5.74, 6) is 0.762. The molecule has 0 radical (unpaired) electrons. The molecular weight excluding hydrogens is 264 g/mol. The maximum Gasteiger partial charge on any atom is 0.138 e. The van der Waals surface area contributed by atoms with Gasteiger partial charge in [0.05, 0.1) is 18.0 Å². The number of hydrogen-bond donors (Lipinski definition) is 1. The van der Waals surface area contributed by atoms with Gasteiger partial charge in [-0.1, -0.05) is 0 Å². The highest BCUT2D eigenvalue weighted by atomic mass is 16.5. The van der Waals surface area contributed by atoms with E-state index in [1.54, 1.807) is 12.4 Å². The van der Waals surface area contributed by atoms with Crippen LogP contribution >= 0.6 is 0 Å². The molecule has 0 aliphatic carbocycles. The van der Waals surface area contributed by atoms with Crippen LogP contribution < -0.4 is 10.5 Å². The molecular formula is C16H24N4O. The molecule has 2 rings (SSSR count). The van der Waals surface area contributed by atoms with Crippen LogP contribution in [0.25, 0.3) is 0 Å². The van der Waals surface area contributed by atoms with Crippen molar-refractivity contribution >= 4 is 0 Å². The summed E-state index contributed by atoms with van der Waals surface area (Å²) in [6.45, 7) is 8.08. The Morgan fingerprint density at radius 1 is 1.29 bits per heavy atom. The van der Waals surface area contributed by atoms with E-state index in [0.717, 1.165) is 29.1 Å². The highest BCUT2D eigenvalue weighted by molar-refractivity contribution is 5.30. The predicted molar refractivity (Wildman–Crippen MR) is 83.3 cm³/mol. The lowest BCUT2D eigenvalue weighted by Crippen LogP contribution is -2.15. The third-order valence-corrected chi connectivity index (χ3v) is 3.62. The number of hydrogen-bond acceptors (Lipinski definition) is 4. The van der Waals surface area contributed by atoms with Crippen LogP contribution in [0.3, 0.4) is 0 Å².